The molecule has 0 saturated carbocycles. The maximum atomic E-state index is 12.1. The molecule has 0 fully saturated rings. The van der Waals surface area contributed by atoms with Crippen molar-refractivity contribution in [1.82, 2.24) is 4.90 Å². The van der Waals surface area contributed by atoms with Crippen LogP contribution in [-0.4, -0.2) is 37.0 Å². The van der Waals surface area contributed by atoms with Gasteiger partial charge in [-0.1, -0.05) is 29.8 Å². The first-order chi connectivity index (χ1) is 9.06. The van der Waals surface area contributed by atoms with E-state index in [1.54, 1.807) is 4.90 Å². The van der Waals surface area contributed by atoms with Crippen LogP contribution in [0.3, 0.4) is 0 Å². The van der Waals surface area contributed by atoms with Crippen molar-refractivity contribution in [2.45, 2.75) is 26.7 Å². The van der Waals surface area contributed by atoms with Gasteiger partial charge in [0.05, 0.1) is 20.0 Å². The van der Waals surface area contributed by atoms with Crippen molar-refractivity contribution in [1.29, 1.82) is 0 Å². The first-order valence-corrected chi connectivity index (χ1v) is 6.47. The van der Waals surface area contributed by atoms with Gasteiger partial charge in [0.2, 0.25) is 5.91 Å². The SMILES string of the molecule is CCN(CCC(=O)OC)C(=O)Cc1cccc(C)c1. The van der Waals surface area contributed by atoms with Crippen LogP contribution in [0.25, 0.3) is 0 Å². The molecular weight excluding hydrogens is 242 g/mol. The summed E-state index contributed by atoms with van der Waals surface area (Å²) in [4.78, 5) is 24.9. The lowest BCUT2D eigenvalue weighted by molar-refractivity contribution is -0.141. The fraction of sp³-hybridized carbons (Fsp3) is 0.467. The Bertz CT molecular complexity index is 443. The van der Waals surface area contributed by atoms with Crippen molar-refractivity contribution < 1.29 is 14.3 Å². The van der Waals surface area contributed by atoms with E-state index in [1.807, 2.05) is 38.1 Å². The molecule has 1 aromatic rings. The summed E-state index contributed by atoms with van der Waals surface area (Å²) in [7, 11) is 1.35. The minimum absolute atomic E-state index is 0.0389. The number of hydrogen-bond donors (Lipinski definition) is 0. The van der Waals surface area contributed by atoms with E-state index < -0.39 is 0 Å². The second-order valence-corrected chi connectivity index (χ2v) is 4.47. The van der Waals surface area contributed by atoms with Crippen LogP contribution < -0.4 is 0 Å². The van der Waals surface area contributed by atoms with Crippen LogP contribution in [0.15, 0.2) is 24.3 Å². The molecular formula is C15H21NO3. The number of esters is 1. The van der Waals surface area contributed by atoms with Crippen LogP contribution in [0, 0.1) is 6.92 Å². The van der Waals surface area contributed by atoms with E-state index in [1.165, 1.54) is 7.11 Å². The Morgan fingerprint density at radius 2 is 2.05 bits per heavy atom. The molecule has 0 aliphatic heterocycles. The zero-order chi connectivity index (χ0) is 14.3. The van der Waals surface area contributed by atoms with Gasteiger partial charge in [-0.05, 0) is 19.4 Å². The lowest BCUT2D eigenvalue weighted by Crippen LogP contribution is -2.34. The molecule has 19 heavy (non-hydrogen) atoms. The summed E-state index contributed by atoms with van der Waals surface area (Å²) in [6, 6.07) is 7.90. The van der Waals surface area contributed by atoms with Gasteiger partial charge in [-0.15, -0.1) is 0 Å². The van der Waals surface area contributed by atoms with E-state index in [9.17, 15) is 9.59 Å². The van der Waals surface area contributed by atoms with Crippen molar-refractivity contribution in [3.63, 3.8) is 0 Å². The van der Waals surface area contributed by atoms with E-state index in [4.69, 9.17) is 0 Å². The van der Waals surface area contributed by atoms with Crippen molar-refractivity contribution in [2.75, 3.05) is 20.2 Å². The summed E-state index contributed by atoms with van der Waals surface area (Å²) < 4.78 is 4.58. The van der Waals surface area contributed by atoms with Gasteiger partial charge in [-0.3, -0.25) is 9.59 Å². The molecule has 4 nitrogen and oxygen atoms in total. The van der Waals surface area contributed by atoms with E-state index in [2.05, 4.69) is 4.74 Å². The minimum atomic E-state index is -0.290. The van der Waals surface area contributed by atoms with Crippen molar-refractivity contribution in [3.05, 3.63) is 35.4 Å². The van der Waals surface area contributed by atoms with E-state index in [0.29, 0.717) is 19.5 Å². The average molecular weight is 263 g/mol. The van der Waals surface area contributed by atoms with Crippen LogP contribution >= 0.6 is 0 Å². The molecule has 0 unspecified atom stereocenters. The number of ether oxygens (including phenoxy) is 1. The van der Waals surface area contributed by atoms with Crippen LogP contribution in [0.2, 0.25) is 0 Å². The quantitative estimate of drug-likeness (QED) is 0.737. The zero-order valence-corrected chi connectivity index (χ0v) is 11.8. The first-order valence-electron chi connectivity index (χ1n) is 6.47. The molecule has 0 radical (unpaired) electrons. The standard InChI is InChI=1S/C15H21NO3/c1-4-16(9-8-15(18)19-3)14(17)11-13-7-5-6-12(2)10-13/h5-7,10H,4,8-9,11H2,1-3H3. The highest BCUT2D eigenvalue weighted by molar-refractivity contribution is 5.79. The molecule has 0 aliphatic rings. The monoisotopic (exact) mass is 263 g/mol. The number of aryl methyl sites for hydroxylation is 1. The third-order valence-electron chi connectivity index (χ3n) is 2.99. The third kappa shape index (κ3) is 5.12. The number of likely N-dealkylation sites (N-methyl/N-ethyl adjacent to an activating group) is 1. The molecule has 0 N–H and O–H groups in total. The number of carbonyl (C=O) groups is 2. The number of methoxy groups -OCH3 is 1. The summed E-state index contributed by atoms with van der Waals surface area (Å²) >= 11 is 0. The Hall–Kier alpha value is -1.84. The predicted octanol–water partition coefficient (Wildman–Crippen LogP) is 1.95. The maximum Gasteiger partial charge on any atom is 0.307 e. The second-order valence-electron chi connectivity index (χ2n) is 4.47. The molecule has 0 aromatic heterocycles. The van der Waals surface area contributed by atoms with Gasteiger partial charge >= 0.3 is 5.97 Å². The number of carbonyl (C=O) groups excluding carboxylic acids is 2. The Morgan fingerprint density at radius 3 is 2.63 bits per heavy atom. The summed E-state index contributed by atoms with van der Waals surface area (Å²) in [5.74, 6) is -0.251. The van der Waals surface area contributed by atoms with Gasteiger partial charge in [0.15, 0.2) is 0 Å². The van der Waals surface area contributed by atoms with Gasteiger partial charge in [-0.2, -0.15) is 0 Å². The van der Waals surface area contributed by atoms with Gasteiger partial charge in [0, 0.05) is 13.1 Å². The summed E-state index contributed by atoms with van der Waals surface area (Å²) in [6.45, 7) is 4.92. The van der Waals surface area contributed by atoms with Crippen LogP contribution in [0.4, 0.5) is 0 Å². The highest BCUT2D eigenvalue weighted by Gasteiger charge is 2.14. The Kier molecular flexibility index (Phi) is 6.06. The molecule has 0 spiro atoms. The topological polar surface area (TPSA) is 46.6 Å². The van der Waals surface area contributed by atoms with Crippen molar-refractivity contribution in [3.8, 4) is 0 Å². The molecule has 1 aromatic carbocycles. The minimum Gasteiger partial charge on any atom is -0.469 e. The molecule has 0 bridgehead atoms. The summed E-state index contributed by atoms with van der Waals surface area (Å²) in [5, 5.41) is 0. The highest BCUT2D eigenvalue weighted by atomic mass is 16.5. The highest BCUT2D eigenvalue weighted by Crippen LogP contribution is 2.07. The second kappa shape index (κ2) is 7.56. The summed E-state index contributed by atoms with van der Waals surface area (Å²) in [6.07, 6.45) is 0.612. The number of amides is 1. The van der Waals surface area contributed by atoms with Crippen molar-refractivity contribution >= 4 is 11.9 Å². The van der Waals surface area contributed by atoms with E-state index in [0.717, 1.165) is 11.1 Å². The van der Waals surface area contributed by atoms with E-state index >= 15 is 0 Å². The Morgan fingerprint density at radius 1 is 1.32 bits per heavy atom. The predicted molar refractivity (Wildman–Crippen MR) is 73.8 cm³/mol. The number of nitrogens with zero attached hydrogens (tertiary/aromatic N) is 1. The first kappa shape index (κ1) is 15.2. The van der Waals surface area contributed by atoms with Gasteiger partial charge in [0.1, 0.15) is 0 Å². The van der Waals surface area contributed by atoms with Crippen molar-refractivity contribution in [2.24, 2.45) is 0 Å². The summed E-state index contributed by atoms with van der Waals surface area (Å²) in [5.41, 5.74) is 2.14. The molecule has 104 valence electrons. The number of benzene rings is 1. The normalized spacial score (nSPS) is 10.1. The lowest BCUT2D eigenvalue weighted by Gasteiger charge is -2.20. The molecule has 0 saturated heterocycles. The fourth-order valence-corrected chi connectivity index (χ4v) is 1.90. The lowest BCUT2D eigenvalue weighted by atomic mass is 10.1. The van der Waals surface area contributed by atoms with Crippen LogP contribution in [0.1, 0.15) is 24.5 Å². The van der Waals surface area contributed by atoms with E-state index in [-0.39, 0.29) is 18.3 Å². The fourth-order valence-electron chi connectivity index (χ4n) is 1.90. The molecule has 0 aliphatic carbocycles. The molecule has 4 heteroatoms. The Labute approximate surface area is 114 Å². The maximum absolute atomic E-state index is 12.1. The van der Waals surface area contributed by atoms with Gasteiger partial charge in [-0.25, -0.2) is 0 Å². The molecule has 1 rings (SSSR count). The smallest absolute Gasteiger partial charge is 0.307 e. The van der Waals surface area contributed by atoms with Gasteiger partial charge < -0.3 is 9.64 Å². The largest absolute Gasteiger partial charge is 0.469 e. The van der Waals surface area contributed by atoms with Gasteiger partial charge in [0.25, 0.3) is 0 Å². The molecule has 1 amide bonds. The molecule has 0 heterocycles. The number of rotatable bonds is 6. The van der Waals surface area contributed by atoms with Crippen LogP contribution in [0.5, 0.6) is 0 Å². The Balaban J connectivity index is 2.56. The third-order valence-corrected chi connectivity index (χ3v) is 2.99. The number of hydrogen-bond acceptors (Lipinski definition) is 3. The zero-order valence-electron chi connectivity index (χ0n) is 11.8. The van der Waals surface area contributed by atoms with Crippen LogP contribution in [-0.2, 0) is 20.7 Å². The average Bonchev–Trinajstić information content (AvgIpc) is 2.39. The molecule has 0 atom stereocenters.